The molecule has 0 radical (unpaired) electrons. The van der Waals surface area contributed by atoms with E-state index in [0.29, 0.717) is 23.7 Å². The quantitative estimate of drug-likeness (QED) is 0.160. The standard InChI is InChI=1S/C35H48O5.C5H12O/c1-34(2)23-39-19-5-7-28-27(16-20-40-24-34)12-13-29-31-14-15-32(37)35(31,3)22-30(33(28)29)26-10-8-25(9-11-26)6-4-18-38-21-17-36;1-5(2,3)6-4/h8-11,17,27,29-32,37H,5,7,12-16,18-24H2,1-3H3;1-4H3. The number of benzene rings is 1. The van der Waals surface area contributed by atoms with Crippen LogP contribution in [0.1, 0.15) is 110 Å². The number of carbonyl (C=O) groups is 1. The van der Waals surface area contributed by atoms with Crippen LogP contribution >= 0.6 is 0 Å². The number of ether oxygens (including phenoxy) is 4. The van der Waals surface area contributed by atoms with E-state index in [9.17, 15) is 9.90 Å². The van der Waals surface area contributed by atoms with E-state index in [-0.39, 0.29) is 35.7 Å². The molecule has 256 valence electrons. The molecule has 2 saturated carbocycles. The first-order valence-electron chi connectivity index (χ1n) is 17.6. The van der Waals surface area contributed by atoms with Gasteiger partial charge in [0.05, 0.1) is 24.9 Å². The minimum absolute atomic E-state index is 0.0379. The van der Waals surface area contributed by atoms with Crippen LogP contribution in [0.3, 0.4) is 0 Å². The van der Waals surface area contributed by atoms with Crippen LogP contribution in [0.2, 0.25) is 0 Å². The fraction of sp³-hybridized carbons (Fsp3) is 0.725. The third kappa shape index (κ3) is 9.54. The monoisotopic (exact) mass is 636 g/mol. The molecule has 4 aliphatic rings. The molecule has 1 heterocycles. The highest BCUT2D eigenvalue weighted by Crippen LogP contribution is 2.63. The van der Waals surface area contributed by atoms with Crippen molar-refractivity contribution in [3.05, 3.63) is 46.5 Å². The first-order valence-corrected chi connectivity index (χ1v) is 17.6. The maximum Gasteiger partial charge on any atom is 0.145 e. The molecule has 3 fully saturated rings. The minimum Gasteiger partial charge on any atom is -0.393 e. The van der Waals surface area contributed by atoms with Gasteiger partial charge in [0.25, 0.3) is 0 Å². The lowest BCUT2D eigenvalue weighted by Gasteiger charge is -2.52. The number of rotatable bonds is 4. The van der Waals surface area contributed by atoms with E-state index in [0.717, 1.165) is 76.8 Å². The molecule has 0 spiro atoms. The molecule has 0 aromatic heterocycles. The van der Waals surface area contributed by atoms with Crippen molar-refractivity contribution in [3.63, 3.8) is 0 Å². The Balaban J connectivity index is 0.000000731. The first kappa shape index (κ1) is 36.8. The summed E-state index contributed by atoms with van der Waals surface area (Å²) in [6.45, 7) is 16.3. The summed E-state index contributed by atoms with van der Waals surface area (Å²) in [6.07, 6.45) is 9.31. The SMILES string of the molecule is CC1(C)COCCCC2=C3C(c4ccc(C#CCOCC=O)cc4)CC4(C)C(O)CCC4C3CCC2CCOC1.COC(C)(C)C. The van der Waals surface area contributed by atoms with E-state index < -0.39 is 0 Å². The van der Waals surface area contributed by atoms with Crippen molar-refractivity contribution in [1.82, 2.24) is 0 Å². The van der Waals surface area contributed by atoms with Crippen LogP contribution in [0.4, 0.5) is 0 Å². The van der Waals surface area contributed by atoms with Crippen molar-refractivity contribution < 1.29 is 28.8 Å². The zero-order valence-corrected chi connectivity index (χ0v) is 29.7. The van der Waals surface area contributed by atoms with Crippen LogP contribution in [0, 0.1) is 40.4 Å². The number of methoxy groups -OCH3 is 1. The minimum atomic E-state index is -0.220. The number of hydrogen-bond acceptors (Lipinski definition) is 6. The Morgan fingerprint density at radius 3 is 2.37 bits per heavy atom. The first-order chi connectivity index (χ1) is 21.9. The summed E-state index contributed by atoms with van der Waals surface area (Å²) in [7, 11) is 1.71. The normalized spacial score (nSPS) is 31.3. The molecule has 3 aliphatic carbocycles. The van der Waals surface area contributed by atoms with Gasteiger partial charge in [-0.1, -0.05) is 55.9 Å². The van der Waals surface area contributed by atoms with Crippen molar-refractivity contribution in [2.75, 3.05) is 46.8 Å². The maximum absolute atomic E-state index is 11.2. The Hall–Kier alpha value is -2.01. The second kappa shape index (κ2) is 16.4. The van der Waals surface area contributed by atoms with E-state index in [1.165, 1.54) is 18.4 Å². The summed E-state index contributed by atoms with van der Waals surface area (Å²) in [5.41, 5.74) is 5.72. The number of fused-ring (bicyclic) bond motifs is 4. The van der Waals surface area contributed by atoms with Gasteiger partial charge in [-0.15, -0.1) is 0 Å². The maximum atomic E-state index is 11.2. The number of allylic oxidation sites excluding steroid dienone is 2. The van der Waals surface area contributed by atoms with Crippen LogP contribution in [0.25, 0.3) is 0 Å². The van der Waals surface area contributed by atoms with Gasteiger partial charge in [0.15, 0.2) is 0 Å². The molecular formula is C40H60O6. The van der Waals surface area contributed by atoms with Gasteiger partial charge in [-0.25, -0.2) is 0 Å². The number of hydrogen-bond donors (Lipinski definition) is 1. The molecule has 1 aromatic rings. The fourth-order valence-electron chi connectivity index (χ4n) is 8.21. The average molecular weight is 637 g/mol. The van der Waals surface area contributed by atoms with Gasteiger partial charge < -0.3 is 28.8 Å². The van der Waals surface area contributed by atoms with Crippen molar-refractivity contribution in [2.45, 2.75) is 111 Å². The smallest absolute Gasteiger partial charge is 0.145 e. The van der Waals surface area contributed by atoms with Crippen LogP contribution < -0.4 is 0 Å². The summed E-state index contributed by atoms with van der Waals surface area (Å²) in [4.78, 5) is 10.4. The summed E-state index contributed by atoms with van der Waals surface area (Å²) in [6, 6.07) is 8.74. The van der Waals surface area contributed by atoms with Crippen molar-refractivity contribution >= 4 is 6.29 Å². The van der Waals surface area contributed by atoms with Crippen LogP contribution in [0.15, 0.2) is 35.4 Å². The Morgan fingerprint density at radius 2 is 1.70 bits per heavy atom. The number of aldehydes is 1. The number of aliphatic hydroxyl groups is 1. The van der Waals surface area contributed by atoms with E-state index in [4.69, 9.17) is 18.9 Å². The summed E-state index contributed by atoms with van der Waals surface area (Å²) >= 11 is 0. The topological polar surface area (TPSA) is 74.2 Å². The van der Waals surface area contributed by atoms with Gasteiger partial charge >= 0.3 is 0 Å². The second-order valence-corrected chi connectivity index (χ2v) is 15.9. The van der Waals surface area contributed by atoms with Gasteiger partial charge in [-0.2, -0.15) is 0 Å². The third-order valence-corrected chi connectivity index (χ3v) is 10.8. The van der Waals surface area contributed by atoms with Gasteiger partial charge in [0.1, 0.15) is 19.5 Å². The van der Waals surface area contributed by atoms with E-state index in [1.807, 2.05) is 20.8 Å². The van der Waals surface area contributed by atoms with E-state index >= 15 is 0 Å². The van der Waals surface area contributed by atoms with Gasteiger partial charge in [-0.05, 0) is 113 Å². The predicted molar refractivity (Wildman–Crippen MR) is 184 cm³/mol. The molecule has 1 aliphatic heterocycles. The highest BCUT2D eigenvalue weighted by molar-refractivity contribution is 5.50. The molecule has 6 unspecified atom stereocenters. The lowest BCUT2D eigenvalue weighted by molar-refractivity contribution is -0.111. The summed E-state index contributed by atoms with van der Waals surface area (Å²) in [5.74, 6) is 8.17. The molecule has 1 aromatic carbocycles. The van der Waals surface area contributed by atoms with Crippen LogP contribution in [-0.4, -0.2) is 69.8 Å². The Labute approximate surface area is 279 Å². The van der Waals surface area contributed by atoms with Crippen LogP contribution in [0.5, 0.6) is 0 Å². The molecule has 0 bridgehead atoms. The number of carbonyl (C=O) groups excluding carboxylic acids is 1. The average Bonchev–Trinajstić information content (AvgIpc) is 3.32. The second-order valence-electron chi connectivity index (χ2n) is 15.9. The third-order valence-electron chi connectivity index (χ3n) is 10.8. The lowest BCUT2D eigenvalue weighted by atomic mass is 9.52. The fourth-order valence-corrected chi connectivity index (χ4v) is 8.21. The van der Waals surface area contributed by atoms with E-state index in [1.54, 1.807) is 18.3 Å². The van der Waals surface area contributed by atoms with Crippen molar-refractivity contribution in [1.29, 1.82) is 0 Å². The van der Waals surface area contributed by atoms with Gasteiger partial charge in [-0.3, -0.25) is 0 Å². The molecule has 6 nitrogen and oxygen atoms in total. The molecule has 46 heavy (non-hydrogen) atoms. The van der Waals surface area contributed by atoms with Gasteiger partial charge in [0, 0.05) is 37.2 Å². The molecule has 1 N–H and O–H groups in total. The Kier molecular flexibility index (Phi) is 13.1. The van der Waals surface area contributed by atoms with Crippen LogP contribution in [-0.2, 0) is 23.7 Å². The van der Waals surface area contributed by atoms with Crippen molar-refractivity contribution in [2.24, 2.45) is 28.6 Å². The van der Waals surface area contributed by atoms with E-state index in [2.05, 4.69) is 56.9 Å². The number of aliphatic hydroxyl groups excluding tert-OH is 1. The highest BCUT2D eigenvalue weighted by atomic mass is 16.5. The predicted octanol–water partition coefficient (Wildman–Crippen LogP) is 7.52. The highest BCUT2D eigenvalue weighted by Gasteiger charge is 2.56. The molecule has 6 atom stereocenters. The van der Waals surface area contributed by atoms with Crippen molar-refractivity contribution in [3.8, 4) is 11.8 Å². The molecule has 5 rings (SSSR count). The summed E-state index contributed by atoms with van der Waals surface area (Å²) in [5, 5.41) is 11.2. The molecule has 6 heteroatoms. The zero-order valence-electron chi connectivity index (χ0n) is 29.7. The lowest BCUT2D eigenvalue weighted by Crippen LogP contribution is -2.45. The Bertz CT molecular complexity index is 1210. The molecule has 1 saturated heterocycles. The zero-order chi connectivity index (χ0) is 33.4. The summed E-state index contributed by atoms with van der Waals surface area (Å²) < 4.78 is 22.5. The molecule has 0 amide bonds. The molecular weight excluding hydrogens is 576 g/mol. The van der Waals surface area contributed by atoms with Gasteiger partial charge in [0.2, 0.25) is 0 Å². The Morgan fingerprint density at radius 1 is 1.00 bits per heavy atom. The largest absolute Gasteiger partial charge is 0.393 e.